The molecule has 0 amide bonds. The lowest BCUT2D eigenvalue weighted by atomic mass is 10.2. The van der Waals surface area contributed by atoms with Crippen LogP contribution >= 0.6 is 12.2 Å². The molecule has 23 heavy (non-hydrogen) atoms. The maximum absolute atomic E-state index is 9.50. The molecule has 3 aromatic rings. The molecular formula is C16H14N4O2S. The van der Waals surface area contributed by atoms with Gasteiger partial charge in [0.15, 0.2) is 5.82 Å². The van der Waals surface area contributed by atoms with Crippen LogP contribution in [0.4, 0.5) is 0 Å². The molecule has 0 aliphatic rings. The Balaban J connectivity index is 2.04. The summed E-state index contributed by atoms with van der Waals surface area (Å²) < 4.78 is 7.23. The molecule has 1 heterocycles. The fourth-order valence-corrected chi connectivity index (χ4v) is 2.31. The number of aromatic amines is 1. The predicted molar refractivity (Wildman–Crippen MR) is 90.5 cm³/mol. The highest BCUT2D eigenvalue weighted by atomic mass is 32.1. The van der Waals surface area contributed by atoms with Gasteiger partial charge in [0, 0.05) is 0 Å². The van der Waals surface area contributed by atoms with Crippen molar-refractivity contribution in [3.8, 4) is 22.9 Å². The third-order valence-corrected chi connectivity index (χ3v) is 3.46. The zero-order valence-corrected chi connectivity index (χ0v) is 13.1. The Labute approximate surface area is 137 Å². The number of phenols is 1. The van der Waals surface area contributed by atoms with Gasteiger partial charge in [-0.15, -0.1) is 0 Å². The van der Waals surface area contributed by atoms with E-state index in [2.05, 4.69) is 15.3 Å². The van der Waals surface area contributed by atoms with E-state index in [-0.39, 0.29) is 5.75 Å². The topological polar surface area (TPSA) is 75.4 Å². The Morgan fingerprint density at radius 3 is 2.87 bits per heavy atom. The van der Waals surface area contributed by atoms with Crippen LogP contribution in [0.5, 0.6) is 11.5 Å². The quantitative estimate of drug-likeness (QED) is 0.570. The third kappa shape index (κ3) is 3.14. The van der Waals surface area contributed by atoms with E-state index in [1.807, 2.05) is 30.3 Å². The predicted octanol–water partition coefficient (Wildman–Crippen LogP) is 3.20. The molecular weight excluding hydrogens is 312 g/mol. The summed E-state index contributed by atoms with van der Waals surface area (Å²) in [6.07, 6.45) is 1.60. The number of benzene rings is 2. The molecule has 0 unspecified atom stereocenters. The summed E-state index contributed by atoms with van der Waals surface area (Å²) in [6, 6.07) is 14.3. The molecule has 3 rings (SSSR count). The Morgan fingerprint density at radius 2 is 2.09 bits per heavy atom. The van der Waals surface area contributed by atoms with Crippen LogP contribution in [0.1, 0.15) is 5.56 Å². The largest absolute Gasteiger partial charge is 0.508 e. The van der Waals surface area contributed by atoms with Gasteiger partial charge < -0.3 is 9.84 Å². The molecule has 0 aliphatic carbocycles. The number of ether oxygens (including phenoxy) is 1. The summed E-state index contributed by atoms with van der Waals surface area (Å²) in [5.74, 6) is 1.40. The molecule has 7 heteroatoms. The zero-order valence-electron chi connectivity index (χ0n) is 12.3. The van der Waals surface area contributed by atoms with Crippen LogP contribution < -0.4 is 4.74 Å². The second-order valence-electron chi connectivity index (χ2n) is 4.70. The molecule has 116 valence electrons. The minimum absolute atomic E-state index is 0.176. The van der Waals surface area contributed by atoms with Crippen molar-refractivity contribution in [2.24, 2.45) is 5.10 Å². The van der Waals surface area contributed by atoms with Crippen LogP contribution in [0.3, 0.4) is 0 Å². The van der Waals surface area contributed by atoms with Crippen LogP contribution in [-0.2, 0) is 0 Å². The van der Waals surface area contributed by atoms with Crippen molar-refractivity contribution in [2.75, 3.05) is 7.11 Å². The van der Waals surface area contributed by atoms with E-state index in [0.29, 0.717) is 16.3 Å². The van der Waals surface area contributed by atoms with Crippen molar-refractivity contribution < 1.29 is 9.84 Å². The van der Waals surface area contributed by atoms with Gasteiger partial charge in [-0.05, 0) is 42.0 Å². The van der Waals surface area contributed by atoms with Crippen LogP contribution in [0.25, 0.3) is 11.4 Å². The molecule has 0 spiro atoms. The summed E-state index contributed by atoms with van der Waals surface area (Å²) in [5, 5.41) is 20.8. The minimum Gasteiger partial charge on any atom is -0.508 e. The van der Waals surface area contributed by atoms with Gasteiger partial charge in [-0.25, -0.2) is 5.10 Å². The monoisotopic (exact) mass is 326 g/mol. The zero-order chi connectivity index (χ0) is 16.2. The molecule has 0 fully saturated rings. The highest BCUT2D eigenvalue weighted by Gasteiger charge is 2.12. The number of aromatic nitrogens is 3. The van der Waals surface area contributed by atoms with Crippen molar-refractivity contribution >= 4 is 18.4 Å². The first kappa shape index (κ1) is 15.0. The van der Waals surface area contributed by atoms with E-state index in [1.165, 1.54) is 4.68 Å². The fourth-order valence-electron chi connectivity index (χ4n) is 2.13. The molecule has 0 saturated heterocycles. The van der Waals surface area contributed by atoms with Gasteiger partial charge >= 0.3 is 0 Å². The Hall–Kier alpha value is -2.93. The molecule has 2 aromatic carbocycles. The standard InChI is InChI=1S/C16H14N4O2S/c1-22-14-8-3-2-7-13(14)15-18-19-16(23)20(15)17-10-11-5-4-6-12(21)9-11/h2-10,21H,1H3,(H,19,23)/b17-10+. The van der Waals surface area contributed by atoms with Crippen LogP contribution in [-0.4, -0.2) is 33.3 Å². The van der Waals surface area contributed by atoms with Crippen molar-refractivity contribution in [1.82, 2.24) is 14.9 Å². The van der Waals surface area contributed by atoms with E-state index >= 15 is 0 Å². The first-order valence-corrected chi connectivity index (χ1v) is 7.24. The van der Waals surface area contributed by atoms with Crippen LogP contribution in [0, 0.1) is 4.77 Å². The molecule has 0 bridgehead atoms. The Morgan fingerprint density at radius 1 is 1.26 bits per heavy atom. The van der Waals surface area contributed by atoms with E-state index in [9.17, 15) is 5.11 Å². The summed E-state index contributed by atoms with van der Waals surface area (Å²) in [4.78, 5) is 0. The van der Waals surface area contributed by atoms with Crippen LogP contribution in [0.15, 0.2) is 53.6 Å². The number of nitrogens with one attached hydrogen (secondary N) is 1. The van der Waals surface area contributed by atoms with Gasteiger partial charge in [0.25, 0.3) is 0 Å². The SMILES string of the molecule is COc1ccccc1-c1n[nH]c(=S)n1/N=C/c1cccc(O)c1. The summed E-state index contributed by atoms with van der Waals surface area (Å²) in [7, 11) is 1.60. The molecule has 0 atom stereocenters. The number of rotatable bonds is 4. The van der Waals surface area contributed by atoms with Gasteiger partial charge in [0.2, 0.25) is 4.77 Å². The first-order chi connectivity index (χ1) is 11.2. The van der Waals surface area contributed by atoms with Crippen molar-refractivity contribution in [1.29, 1.82) is 0 Å². The number of nitrogens with zero attached hydrogens (tertiary/aromatic N) is 3. The molecule has 0 aliphatic heterocycles. The molecule has 1 aromatic heterocycles. The number of hydrogen-bond acceptors (Lipinski definition) is 5. The first-order valence-electron chi connectivity index (χ1n) is 6.83. The summed E-state index contributed by atoms with van der Waals surface area (Å²) in [5.41, 5.74) is 1.52. The van der Waals surface area contributed by atoms with Crippen molar-refractivity contribution in [3.05, 3.63) is 58.9 Å². The lowest BCUT2D eigenvalue weighted by molar-refractivity contribution is 0.416. The average Bonchev–Trinajstić information content (AvgIpc) is 2.93. The smallest absolute Gasteiger partial charge is 0.216 e. The lowest BCUT2D eigenvalue weighted by Gasteiger charge is -2.06. The van der Waals surface area contributed by atoms with E-state index in [4.69, 9.17) is 17.0 Å². The maximum atomic E-state index is 9.50. The fraction of sp³-hybridized carbons (Fsp3) is 0.0625. The van der Waals surface area contributed by atoms with Crippen molar-refractivity contribution in [2.45, 2.75) is 0 Å². The number of methoxy groups -OCH3 is 1. The second-order valence-corrected chi connectivity index (χ2v) is 5.09. The van der Waals surface area contributed by atoms with Gasteiger partial charge in [0.05, 0.1) is 18.9 Å². The molecule has 6 nitrogen and oxygen atoms in total. The highest BCUT2D eigenvalue weighted by Crippen LogP contribution is 2.28. The van der Waals surface area contributed by atoms with Crippen LogP contribution in [0.2, 0.25) is 0 Å². The number of aromatic hydroxyl groups is 1. The lowest BCUT2D eigenvalue weighted by Crippen LogP contribution is -1.97. The Bertz CT molecular complexity index is 914. The second kappa shape index (κ2) is 6.45. The molecule has 0 saturated carbocycles. The van der Waals surface area contributed by atoms with Gasteiger partial charge in [0.1, 0.15) is 11.5 Å². The van der Waals surface area contributed by atoms with E-state index in [0.717, 1.165) is 11.1 Å². The average molecular weight is 326 g/mol. The van der Waals surface area contributed by atoms with E-state index < -0.39 is 0 Å². The Kier molecular flexibility index (Phi) is 4.20. The minimum atomic E-state index is 0.176. The van der Waals surface area contributed by atoms with Gasteiger partial charge in [-0.3, -0.25) is 0 Å². The third-order valence-electron chi connectivity index (χ3n) is 3.19. The number of H-pyrrole nitrogens is 1. The molecule has 2 N–H and O–H groups in total. The van der Waals surface area contributed by atoms with Crippen molar-refractivity contribution in [3.63, 3.8) is 0 Å². The highest BCUT2D eigenvalue weighted by molar-refractivity contribution is 7.71. The maximum Gasteiger partial charge on any atom is 0.216 e. The number of para-hydroxylation sites is 1. The van der Waals surface area contributed by atoms with Gasteiger partial charge in [-0.1, -0.05) is 24.3 Å². The normalized spacial score (nSPS) is 11.0. The summed E-state index contributed by atoms with van der Waals surface area (Å²) >= 11 is 5.23. The summed E-state index contributed by atoms with van der Waals surface area (Å²) in [6.45, 7) is 0. The number of hydrogen-bond donors (Lipinski definition) is 2. The number of phenolic OH excluding ortho intramolecular Hbond substituents is 1. The van der Waals surface area contributed by atoms with Gasteiger partial charge in [-0.2, -0.15) is 14.9 Å². The van der Waals surface area contributed by atoms with E-state index in [1.54, 1.807) is 31.5 Å². The molecule has 0 radical (unpaired) electrons.